The van der Waals surface area contributed by atoms with Gasteiger partial charge in [0.1, 0.15) is 6.54 Å². The third-order valence-electron chi connectivity index (χ3n) is 3.11. The molecule has 1 aliphatic heterocycles. The molecule has 0 fully saturated rings. The second-order valence-corrected chi connectivity index (χ2v) is 5.67. The maximum absolute atomic E-state index is 12.2. The Hall–Kier alpha value is -2.31. The molecule has 0 aliphatic carbocycles. The minimum absolute atomic E-state index is 0.130. The van der Waals surface area contributed by atoms with Crippen molar-refractivity contribution in [2.45, 2.75) is 0 Å². The monoisotopic (exact) mass is 351 g/mol. The van der Waals surface area contributed by atoms with Crippen LogP contribution in [0, 0.1) is 0 Å². The highest BCUT2D eigenvalue weighted by Gasteiger charge is 2.28. The summed E-state index contributed by atoms with van der Waals surface area (Å²) in [6.07, 6.45) is 1.53. The van der Waals surface area contributed by atoms with Gasteiger partial charge in [0, 0.05) is 21.9 Å². The van der Waals surface area contributed by atoms with Crippen molar-refractivity contribution in [3.05, 3.63) is 46.6 Å². The van der Waals surface area contributed by atoms with Crippen LogP contribution in [0.4, 0.5) is 11.5 Å². The van der Waals surface area contributed by atoms with Crippen LogP contribution >= 0.6 is 23.2 Å². The number of benzene rings is 1. The van der Waals surface area contributed by atoms with Crippen molar-refractivity contribution in [3.8, 4) is 5.75 Å². The second-order valence-electron chi connectivity index (χ2n) is 4.80. The van der Waals surface area contributed by atoms with E-state index >= 15 is 0 Å². The Morgan fingerprint density at radius 1 is 1.30 bits per heavy atom. The fraction of sp³-hybridized carbons (Fsp3) is 0.133. The van der Waals surface area contributed by atoms with Crippen molar-refractivity contribution in [1.82, 2.24) is 4.98 Å². The van der Waals surface area contributed by atoms with Gasteiger partial charge in [0.05, 0.1) is 0 Å². The number of anilines is 2. The molecule has 2 amide bonds. The van der Waals surface area contributed by atoms with E-state index in [4.69, 9.17) is 27.9 Å². The van der Waals surface area contributed by atoms with Crippen LogP contribution < -0.4 is 15.0 Å². The van der Waals surface area contributed by atoms with Crippen LogP contribution in [0.2, 0.25) is 10.0 Å². The average molecular weight is 352 g/mol. The van der Waals surface area contributed by atoms with Crippen LogP contribution in [0.3, 0.4) is 0 Å². The molecule has 0 radical (unpaired) electrons. The van der Waals surface area contributed by atoms with E-state index in [1.807, 2.05) is 0 Å². The van der Waals surface area contributed by atoms with E-state index in [-0.39, 0.29) is 19.1 Å². The van der Waals surface area contributed by atoms with Crippen molar-refractivity contribution in [2.24, 2.45) is 0 Å². The first-order valence-corrected chi connectivity index (χ1v) is 7.42. The Morgan fingerprint density at radius 3 is 2.78 bits per heavy atom. The summed E-state index contributed by atoms with van der Waals surface area (Å²) in [6, 6.07) is 8.08. The number of aromatic nitrogens is 1. The first-order valence-electron chi connectivity index (χ1n) is 6.67. The van der Waals surface area contributed by atoms with Gasteiger partial charge in [0.2, 0.25) is 5.91 Å². The van der Waals surface area contributed by atoms with Gasteiger partial charge < -0.3 is 10.1 Å². The number of nitrogens with zero attached hydrogens (tertiary/aromatic N) is 2. The largest absolute Gasteiger partial charge is 0.480 e. The predicted octanol–water partition coefficient (Wildman–Crippen LogP) is 2.75. The molecular formula is C15H11Cl2N3O3. The summed E-state index contributed by atoms with van der Waals surface area (Å²) in [4.78, 5) is 29.6. The molecule has 0 bridgehead atoms. The molecule has 0 saturated heterocycles. The fourth-order valence-corrected chi connectivity index (χ4v) is 2.69. The summed E-state index contributed by atoms with van der Waals surface area (Å²) >= 11 is 11.8. The summed E-state index contributed by atoms with van der Waals surface area (Å²) in [5, 5.41) is 3.46. The second kappa shape index (κ2) is 6.44. The Kier molecular flexibility index (Phi) is 4.36. The maximum Gasteiger partial charge on any atom is 0.266 e. The van der Waals surface area contributed by atoms with Gasteiger partial charge in [0.25, 0.3) is 5.91 Å². The molecule has 0 atom stereocenters. The zero-order valence-corrected chi connectivity index (χ0v) is 13.3. The van der Waals surface area contributed by atoms with E-state index in [1.54, 1.807) is 30.3 Å². The number of pyridine rings is 1. The number of hydrogen-bond acceptors (Lipinski definition) is 4. The number of ether oxygens (including phenoxy) is 1. The van der Waals surface area contributed by atoms with E-state index in [9.17, 15) is 9.59 Å². The number of carbonyl (C=O) groups is 2. The van der Waals surface area contributed by atoms with Crippen molar-refractivity contribution < 1.29 is 14.3 Å². The number of fused-ring (bicyclic) bond motifs is 1. The zero-order chi connectivity index (χ0) is 16.4. The van der Waals surface area contributed by atoms with E-state index in [2.05, 4.69) is 10.3 Å². The van der Waals surface area contributed by atoms with Gasteiger partial charge in [0.15, 0.2) is 18.2 Å². The molecule has 118 valence electrons. The molecule has 6 nitrogen and oxygen atoms in total. The zero-order valence-electron chi connectivity index (χ0n) is 11.8. The summed E-state index contributed by atoms with van der Waals surface area (Å²) in [5.41, 5.74) is 0.453. The lowest BCUT2D eigenvalue weighted by Gasteiger charge is -2.27. The fourth-order valence-electron chi connectivity index (χ4n) is 2.17. The van der Waals surface area contributed by atoms with Crippen LogP contribution in [-0.4, -0.2) is 29.9 Å². The summed E-state index contributed by atoms with van der Waals surface area (Å²) in [5.74, 6) is 0.0550. The topological polar surface area (TPSA) is 71.5 Å². The average Bonchev–Trinajstić information content (AvgIpc) is 2.49. The van der Waals surface area contributed by atoms with Gasteiger partial charge >= 0.3 is 0 Å². The standard InChI is InChI=1S/C15H11Cl2N3O3/c16-9-4-10(17)6-11(5-9)19-13(21)7-20-14(22)8-23-12-2-1-3-18-15(12)20/h1-6H,7-8H2,(H,19,21). The van der Waals surface area contributed by atoms with Crippen molar-refractivity contribution in [3.63, 3.8) is 0 Å². The first-order chi connectivity index (χ1) is 11.0. The molecule has 8 heteroatoms. The molecular weight excluding hydrogens is 341 g/mol. The van der Waals surface area contributed by atoms with Crippen LogP contribution in [-0.2, 0) is 9.59 Å². The normalized spacial score (nSPS) is 13.3. The molecule has 1 N–H and O–H groups in total. The maximum atomic E-state index is 12.2. The summed E-state index contributed by atoms with van der Waals surface area (Å²) in [7, 11) is 0. The molecule has 2 heterocycles. The highest BCUT2D eigenvalue weighted by Crippen LogP contribution is 2.29. The summed E-state index contributed by atoms with van der Waals surface area (Å²) < 4.78 is 5.28. The van der Waals surface area contributed by atoms with Crippen molar-refractivity contribution >= 4 is 46.5 Å². The lowest BCUT2D eigenvalue weighted by atomic mass is 10.3. The van der Waals surface area contributed by atoms with Gasteiger partial charge in [-0.2, -0.15) is 0 Å². The van der Waals surface area contributed by atoms with E-state index in [1.165, 1.54) is 11.1 Å². The number of rotatable bonds is 3. The number of carbonyl (C=O) groups excluding carboxylic acids is 2. The molecule has 2 aromatic rings. The SMILES string of the molecule is O=C(CN1C(=O)COc2cccnc21)Nc1cc(Cl)cc(Cl)c1. The van der Waals surface area contributed by atoms with Crippen LogP contribution in [0.1, 0.15) is 0 Å². The molecule has 0 unspecified atom stereocenters. The van der Waals surface area contributed by atoms with Gasteiger partial charge in [-0.1, -0.05) is 23.2 Å². The predicted molar refractivity (Wildman–Crippen MR) is 87.2 cm³/mol. The molecule has 1 aliphatic rings. The number of halogens is 2. The third kappa shape index (κ3) is 3.55. The molecule has 3 rings (SSSR count). The minimum atomic E-state index is -0.393. The van der Waals surface area contributed by atoms with Gasteiger partial charge in [-0.15, -0.1) is 0 Å². The molecule has 1 aromatic carbocycles. The lowest BCUT2D eigenvalue weighted by Crippen LogP contribution is -2.43. The quantitative estimate of drug-likeness (QED) is 0.922. The Balaban J connectivity index is 1.76. The number of amides is 2. The highest BCUT2D eigenvalue weighted by atomic mass is 35.5. The summed E-state index contributed by atoms with van der Waals surface area (Å²) in [6.45, 7) is -0.314. The molecule has 0 saturated carbocycles. The van der Waals surface area contributed by atoms with E-state index in [0.29, 0.717) is 27.3 Å². The van der Waals surface area contributed by atoms with Gasteiger partial charge in [-0.25, -0.2) is 4.98 Å². The van der Waals surface area contributed by atoms with Gasteiger partial charge in [-0.05, 0) is 30.3 Å². The third-order valence-corrected chi connectivity index (χ3v) is 3.54. The highest BCUT2D eigenvalue weighted by molar-refractivity contribution is 6.35. The van der Waals surface area contributed by atoms with Crippen LogP contribution in [0.15, 0.2) is 36.5 Å². The Bertz CT molecular complexity index is 762. The molecule has 0 spiro atoms. The molecule has 1 aromatic heterocycles. The van der Waals surface area contributed by atoms with Crippen LogP contribution in [0.5, 0.6) is 5.75 Å². The van der Waals surface area contributed by atoms with Crippen LogP contribution in [0.25, 0.3) is 0 Å². The van der Waals surface area contributed by atoms with Gasteiger partial charge in [-0.3, -0.25) is 14.5 Å². The Morgan fingerprint density at radius 2 is 2.04 bits per heavy atom. The van der Waals surface area contributed by atoms with Crippen molar-refractivity contribution in [2.75, 3.05) is 23.4 Å². The number of nitrogens with one attached hydrogen (secondary N) is 1. The number of hydrogen-bond donors (Lipinski definition) is 1. The molecule has 23 heavy (non-hydrogen) atoms. The minimum Gasteiger partial charge on any atom is -0.480 e. The van der Waals surface area contributed by atoms with Crippen molar-refractivity contribution in [1.29, 1.82) is 0 Å². The smallest absolute Gasteiger partial charge is 0.266 e. The lowest BCUT2D eigenvalue weighted by molar-refractivity contribution is -0.123. The van der Waals surface area contributed by atoms with E-state index < -0.39 is 5.91 Å². The van der Waals surface area contributed by atoms with E-state index in [0.717, 1.165) is 0 Å². The first kappa shape index (κ1) is 15.6. The Labute approximate surface area is 142 Å².